The first kappa shape index (κ1) is 19.9. The molecule has 0 amide bonds. The Morgan fingerprint density at radius 3 is 2.50 bits per heavy atom. The van der Waals surface area contributed by atoms with Gasteiger partial charge in [0.25, 0.3) is 0 Å². The number of carbonyl (C=O) groups excluding carboxylic acids is 3. The fourth-order valence-electron chi connectivity index (χ4n) is 7.09. The lowest BCUT2D eigenvalue weighted by Gasteiger charge is -2.56. The standard InChI is InChI=1S/C23H29ClO4/c1-12(25)15-5-6-16-14-9-19(24)18-10-20(27)21(28-13(2)26)11-23(18,4)17(14)7-8-22(15,16)3/h9-10,14-17,21H,5-8,11H2,1-4H3/t14-,15+,16-,17-,21?,22+,23+/m0/s1. The van der Waals surface area contributed by atoms with Crippen molar-refractivity contribution in [3.05, 3.63) is 22.8 Å². The summed E-state index contributed by atoms with van der Waals surface area (Å²) < 4.78 is 5.35. The molecule has 152 valence electrons. The van der Waals surface area contributed by atoms with Crippen LogP contribution >= 0.6 is 11.6 Å². The molecule has 7 atom stereocenters. The second kappa shape index (κ2) is 6.55. The Morgan fingerprint density at radius 2 is 1.86 bits per heavy atom. The van der Waals surface area contributed by atoms with Gasteiger partial charge < -0.3 is 4.74 Å². The van der Waals surface area contributed by atoms with E-state index in [0.717, 1.165) is 31.3 Å². The first-order chi connectivity index (χ1) is 13.1. The van der Waals surface area contributed by atoms with Crippen molar-refractivity contribution in [1.82, 2.24) is 0 Å². The van der Waals surface area contributed by atoms with E-state index in [1.165, 1.54) is 6.92 Å². The summed E-state index contributed by atoms with van der Waals surface area (Å²) >= 11 is 6.72. The number of hydrogen-bond acceptors (Lipinski definition) is 4. The van der Waals surface area contributed by atoms with Crippen molar-refractivity contribution in [3.63, 3.8) is 0 Å². The largest absolute Gasteiger partial charge is 0.454 e. The molecule has 28 heavy (non-hydrogen) atoms. The minimum Gasteiger partial charge on any atom is -0.454 e. The Hall–Kier alpha value is -1.42. The normalized spacial score (nSPS) is 44.6. The zero-order valence-corrected chi connectivity index (χ0v) is 17.8. The summed E-state index contributed by atoms with van der Waals surface area (Å²) in [6.07, 6.45) is 7.54. The maximum Gasteiger partial charge on any atom is 0.303 e. The molecule has 4 aliphatic carbocycles. The summed E-state index contributed by atoms with van der Waals surface area (Å²) in [5.41, 5.74) is 0.631. The van der Waals surface area contributed by atoms with Crippen molar-refractivity contribution < 1.29 is 19.1 Å². The van der Waals surface area contributed by atoms with Crippen LogP contribution in [0.25, 0.3) is 0 Å². The van der Waals surface area contributed by atoms with Crippen LogP contribution in [-0.4, -0.2) is 23.6 Å². The van der Waals surface area contributed by atoms with E-state index in [9.17, 15) is 14.4 Å². The second-order valence-electron chi connectivity index (χ2n) is 9.77. The molecule has 0 bridgehead atoms. The molecule has 0 aromatic heterocycles. The van der Waals surface area contributed by atoms with Gasteiger partial charge in [-0.2, -0.15) is 0 Å². The van der Waals surface area contributed by atoms with Crippen LogP contribution in [0, 0.1) is 34.5 Å². The predicted molar refractivity (Wildman–Crippen MR) is 107 cm³/mol. The van der Waals surface area contributed by atoms with E-state index in [4.69, 9.17) is 16.3 Å². The van der Waals surface area contributed by atoms with E-state index < -0.39 is 12.1 Å². The van der Waals surface area contributed by atoms with Crippen molar-refractivity contribution in [2.24, 2.45) is 34.5 Å². The summed E-state index contributed by atoms with van der Waals surface area (Å²) in [5.74, 6) is 0.906. The maximum atomic E-state index is 12.5. The van der Waals surface area contributed by atoms with Crippen molar-refractivity contribution >= 4 is 29.1 Å². The van der Waals surface area contributed by atoms with E-state index in [0.29, 0.717) is 35.0 Å². The van der Waals surface area contributed by atoms with Crippen molar-refractivity contribution in [2.45, 2.75) is 65.9 Å². The van der Waals surface area contributed by atoms with E-state index >= 15 is 0 Å². The second-order valence-corrected chi connectivity index (χ2v) is 10.2. The topological polar surface area (TPSA) is 60.4 Å². The molecule has 0 heterocycles. The summed E-state index contributed by atoms with van der Waals surface area (Å²) in [4.78, 5) is 36.3. The highest BCUT2D eigenvalue weighted by Crippen LogP contribution is 2.66. The smallest absolute Gasteiger partial charge is 0.303 e. The predicted octanol–water partition coefficient (Wildman–Crippen LogP) is 4.61. The van der Waals surface area contributed by atoms with Crippen LogP contribution in [0.3, 0.4) is 0 Å². The first-order valence-corrected chi connectivity index (χ1v) is 10.8. The van der Waals surface area contributed by atoms with E-state index in [2.05, 4.69) is 19.9 Å². The summed E-state index contributed by atoms with van der Waals surface area (Å²) in [6, 6.07) is 0. The number of carbonyl (C=O) groups is 3. The van der Waals surface area contributed by atoms with Gasteiger partial charge in [-0.1, -0.05) is 31.5 Å². The van der Waals surface area contributed by atoms with Crippen LogP contribution in [0.5, 0.6) is 0 Å². The van der Waals surface area contributed by atoms with E-state index in [1.54, 1.807) is 13.0 Å². The van der Waals surface area contributed by atoms with Gasteiger partial charge in [-0.3, -0.25) is 14.4 Å². The van der Waals surface area contributed by atoms with Gasteiger partial charge in [0, 0.05) is 29.7 Å². The number of fused-ring (bicyclic) bond motifs is 5. The van der Waals surface area contributed by atoms with Gasteiger partial charge in [-0.05, 0) is 67.4 Å². The molecule has 4 nitrogen and oxygen atoms in total. The summed E-state index contributed by atoms with van der Waals surface area (Å²) in [5, 5.41) is 0.661. The molecule has 1 unspecified atom stereocenters. The maximum absolute atomic E-state index is 12.5. The third-order valence-electron chi connectivity index (χ3n) is 8.37. The third kappa shape index (κ3) is 2.74. The van der Waals surface area contributed by atoms with Crippen LogP contribution in [0.1, 0.15) is 59.8 Å². The van der Waals surface area contributed by atoms with E-state index in [-0.39, 0.29) is 22.5 Å². The molecule has 0 aliphatic heterocycles. The Morgan fingerprint density at radius 1 is 1.14 bits per heavy atom. The highest BCUT2D eigenvalue weighted by Gasteiger charge is 2.60. The highest BCUT2D eigenvalue weighted by molar-refractivity contribution is 6.32. The fourth-order valence-corrected chi connectivity index (χ4v) is 7.50. The molecule has 4 aliphatic rings. The quantitative estimate of drug-likeness (QED) is 0.630. The van der Waals surface area contributed by atoms with Crippen LogP contribution in [0.2, 0.25) is 0 Å². The molecule has 0 aromatic carbocycles. The number of halogens is 1. The average Bonchev–Trinajstić information content (AvgIpc) is 2.94. The summed E-state index contributed by atoms with van der Waals surface area (Å²) in [7, 11) is 0. The van der Waals surface area contributed by atoms with Crippen LogP contribution in [-0.2, 0) is 19.1 Å². The molecule has 5 heteroatoms. The van der Waals surface area contributed by atoms with Crippen LogP contribution in [0.4, 0.5) is 0 Å². The van der Waals surface area contributed by atoms with Crippen molar-refractivity contribution in [1.29, 1.82) is 0 Å². The minimum atomic E-state index is -0.726. The molecule has 0 spiro atoms. The van der Waals surface area contributed by atoms with Gasteiger partial charge in [0.1, 0.15) is 5.78 Å². The lowest BCUT2D eigenvalue weighted by molar-refractivity contribution is -0.155. The van der Waals surface area contributed by atoms with Crippen molar-refractivity contribution in [2.75, 3.05) is 0 Å². The molecule has 0 aromatic rings. The average molecular weight is 405 g/mol. The molecule has 0 N–H and O–H groups in total. The number of ether oxygens (including phenoxy) is 1. The SMILES string of the molecule is CC(=O)OC1C[C@@]2(C)C(=CC1=O)C(Cl)=C[C@H]1[C@@H]3CC[C@H](C(C)=O)[C@@]3(C)CC[C@@H]12. The van der Waals surface area contributed by atoms with Gasteiger partial charge in [0.2, 0.25) is 0 Å². The minimum absolute atomic E-state index is 0.0258. The Labute approximate surface area is 171 Å². The lowest BCUT2D eigenvalue weighted by Crippen LogP contribution is -2.52. The number of hydrogen-bond donors (Lipinski definition) is 0. The van der Waals surface area contributed by atoms with Gasteiger partial charge in [0.05, 0.1) is 0 Å². The first-order valence-electron chi connectivity index (χ1n) is 10.4. The zero-order valence-electron chi connectivity index (χ0n) is 17.1. The monoisotopic (exact) mass is 404 g/mol. The molecule has 0 radical (unpaired) electrons. The molecule has 0 saturated heterocycles. The van der Waals surface area contributed by atoms with Crippen LogP contribution < -0.4 is 0 Å². The number of esters is 1. The number of rotatable bonds is 2. The number of Topliss-reactive ketones (excluding diaryl/α,β-unsaturated/α-hetero) is 1. The molecule has 2 fully saturated rings. The number of ketones is 2. The fraction of sp³-hybridized carbons (Fsp3) is 0.696. The van der Waals surface area contributed by atoms with Gasteiger partial charge in [-0.25, -0.2) is 0 Å². The van der Waals surface area contributed by atoms with E-state index in [1.807, 2.05) is 0 Å². The van der Waals surface area contributed by atoms with Gasteiger partial charge in [0.15, 0.2) is 11.9 Å². The molecular formula is C23H29ClO4. The Balaban J connectivity index is 1.73. The summed E-state index contributed by atoms with van der Waals surface area (Å²) in [6.45, 7) is 7.54. The third-order valence-corrected chi connectivity index (χ3v) is 8.70. The van der Waals surface area contributed by atoms with Gasteiger partial charge in [-0.15, -0.1) is 0 Å². The zero-order chi connectivity index (χ0) is 20.4. The Kier molecular flexibility index (Phi) is 4.65. The molecule has 2 saturated carbocycles. The van der Waals surface area contributed by atoms with Crippen molar-refractivity contribution in [3.8, 4) is 0 Å². The van der Waals surface area contributed by atoms with Gasteiger partial charge >= 0.3 is 5.97 Å². The molecular weight excluding hydrogens is 376 g/mol. The Bertz CT molecular complexity index is 811. The van der Waals surface area contributed by atoms with Crippen LogP contribution in [0.15, 0.2) is 22.8 Å². The number of allylic oxidation sites excluding steroid dienone is 3. The molecule has 4 rings (SSSR count). The lowest BCUT2D eigenvalue weighted by atomic mass is 9.48. The highest BCUT2D eigenvalue weighted by atomic mass is 35.5.